The van der Waals surface area contributed by atoms with Crippen molar-refractivity contribution >= 4 is 27.4 Å². The average Bonchev–Trinajstić information content (AvgIpc) is 3.15. The largest absolute Gasteiger partial charge is 0.369 e. The molecule has 152 valence electrons. The Hall–Kier alpha value is -2.79. The molecule has 4 nitrogen and oxygen atoms in total. The van der Waals surface area contributed by atoms with Gasteiger partial charge < -0.3 is 5.32 Å². The van der Waals surface area contributed by atoms with Gasteiger partial charge >= 0.3 is 0 Å². The highest BCUT2D eigenvalue weighted by Gasteiger charge is 2.24. The van der Waals surface area contributed by atoms with Gasteiger partial charge in [-0.15, -0.1) is 11.3 Å². The SMILES string of the molecule is CC1CCc2c(sc3nc(-c4ccncc4)nc(NCCCc4ccccc4)c23)C1. The van der Waals surface area contributed by atoms with E-state index in [9.17, 15) is 0 Å². The summed E-state index contributed by atoms with van der Waals surface area (Å²) < 4.78 is 0. The molecule has 0 amide bonds. The van der Waals surface area contributed by atoms with Crippen LogP contribution in [0.1, 0.15) is 35.8 Å². The molecule has 0 fully saturated rings. The quantitative estimate of drug-likeness (QED) is 0.398. The average molecular weight is 415 g/mol. The third kappa shape index (κ3) is 3.94. The number of thiophene rings is 1. The van der Waals surface area contributed by atoms with Crippen LogP contribution in [0.25, 0.3) is 21.6 Å². The maximum atomic E-state index is 4.97. The Morgan fingerprint density at radius 3 is 2.73 bits per heavy atom. The smallest absolute Gasteiger partial charge is 0.163 e. The monoisotopic (exact) mass is 414 g/mol. The second kappa shape index (κ2) is 8.52. The standard InChI is InChI=1S/C25H26N4S/c1-17-9-10-20-21(16-17)30-25-22(20)24(27-13-5-8-18-6-3-2-4-7-18)28-23(29-25)19-11-14-26-15-12-19/h2-4,6-7,11-12,14-15,17H,5,8-10,13,16H2,1H3,(H,27,28,29). The van der Waals surface area contributed by atoms with Crippen molar-refractivity contribution in [3.8, 4) is 11.4 Å². The van der Waals surface area contributed by atoms with Crippen molar-refractivity contribution in [2.45, 2.75) is 39.0 Å². The zero-order valence-electron chi connectivity index (χ0n) is 17.3. The Morgan fingerprint density at radius 2 is 1.90 bits per heavy atom. The van der Waals surface area contributed by atoms with Gasteiger partial charge in [-0.25, -0.2) is 9.97 Å². The molecule has 3 aromatic heterocycles. The normalized spacial score (nSPS) is 15.8. The first-order chi connectivity index (χ1) is 14.8. The van der Waals surface area contributed by atoms with Crippen LogP contribution in [0, 0.1) is 5.92 Å². The number of anilines is 1. The highest BCUT2D eigenvalue weighted by atomic mass is 32.1. The lowest BCUT2D eigenvalue weighted by atomic mass is 9.89. The Balaban J connectivity index is 1.46. The lowest BCUT2D eigenvalue weighted by Gasteiger charge is -2.18. The molecule has 5 rings (SSSR count). The van der Waals surface area contributed by atoms with Crippen molar-refractivity contribution in [3.05, 3.63) is 70.9 Å². The molecule has 4 aromatic rings. The summed E-state index contributed by atoms with van der Waals surface area (Å²) in [5, 5.41) is 4.90. The number of rotatable bonds is 6. The number of pyridine rings is 1. The van der Waals surface area contributed by atoms with Crippen LogP contribution in [-0.2, 0) is 19.3 Å². The van der Waals surface area contributed by atoms with Gasteiger partial charge in [0.25, 0.3) is 0 Å². The lowest BCUT2D eigenvalue weighted by Crippen LogP contribution is -2.10. The van der Waals surface area contributed by atoms with Gasteiger partial charge in [-0.2, -0.15) is 0 Å². The van der Waals surface area contributed by atoms with Gasteiger partial charge in [0.15, 0.2) is 5.82 Å². The molecular weight excluding hydrogens is 388 g/mol. The first kappa shape index (κ1) is 19.2. The molecule has 1 unspecified atom stereocenters. The Labute approximate surface area is 181 Å². The third-order valence-corrected chi connectivity index (χ3v) is 7.02. The van der Waals surface area contributed by atoms with Crippen LogP contribution in [0.3, 0.4) is 0 Å². The fourth-order valence-corrected chi connectivity index (χ4v) is 5.63. The van der Waals surface area contributed by atoms with Gasteiger partial charge in [-0.3, -0.25) is 4.98 Å². The Kier molecular flexibility index (Phi) is 5.45. The molecule has 1 atom stereocenters. The topological polar surface area (TPSA) is 50.7 Å². The third-order valence-electron chi connectivity index (χ3n) is 5.87. The summed E-state index contributed by atoms with van der Waals surface area (Å²) in [6, 6.07) is 14.6. The molecule has 1 aliphatic rings. The van der Waals surface area contributed by atoms with Gasteiger partial charge in [0.1, 0.15) is 10.6 Å². The summed E-state index contributed by atoms with van der Waals surface area (Å²) in [6.45, 7) is 3.25. The number of benzene rings is 1. The van der Waals surface area contributed by atoms with Crippen molar-refractivity contribution in [3.63, 3.8) is 0 Å². The predicted molar refractivity (Wildman–Crippen MR) is 125 cm³/mol. The molecule has 0 bridgehead atoms. The molecule has 30 heavy (non-hydrogen) atoms. The first-order valence-corrected chi connectivity index (χ1v) is 11.6. The van der Waals surface area contributed by atoms with E-state index in [2.05, 4.69) is 47.6 Å². The minimum Gasteiger partial charge on any atom is -0.369 e. The second-order valence-electron chi connectivity index (χ2n) is 8.18. The molecule has 3 heterocycles. The zero-order valence-corrected chi connectivity index (χ0v) is 18.1. The van der Waals surface area contributed by atoms with E-state index in [0.29, 0.717) is 0 Å². The number of fused-ring (bicyclic) bond motifs is 3. The summed E-state index contributed by atoms with van der Waals surface area (Å²) in [4.78, 5) is 16.7. The predicted octanol–water partition coefficient (Wildman–Crippen LogP) is 5.92. The zero-order chi connectivity index (χ0) is 20.3. The van der Waals surface area contributed by atoms with E-state index in [0.717, 1.165) is 60.2 Å². The van der Waals surface area contributed by atoms with E-state index >= 15 is 0 Å². The minimum atomic E-state index is 0.750. The van der Waals surface area contributed by atoms with E-state index in [4.69, 9.17) is 9.97 Å². The molecule has 0 spiro atoms. The highest BCUT2D eigenvalue weighted by molar-refractivity contribution is 7.19. The van der Waals surface area contributed by atoms with Crippen LogP contribution in [0.4, 0.5) is 5.82 Å². The van der Waals surface area contributed by atoms with Gasteiger partial charge in [0.2, 0.25) is 0 Å². The molecule has 1 aromatic carbocycles. The molecular formula is C25H26N4S. The van der Waals surface area contributed by atoms with Gasteiger partial charge in [0.05, 0.1) is 5.39 Å². The van der Waals surface area contributed by atoms with E-state index in [1.165, 1.54) is 27.8 Å². The number of hydrogen-bond donors (Lipinski definition) is 1. The first-order valence-electron chi connectivity index (χ1n) is 10.8. The van der Waals surface area contributed by atoms with Crippen molar-refractivity contribution in [2.75, 3.05) is 11.9 Å². The van der Waals surface area contributed by atoms with Crippen LogP contribution in [-0.4, -0.2) is 21.5 Å². The van der Waals surface area contributed by atoms with Crippen molar-refractivity contribution in [2.24, 2.45) is 5.92 Å². The Bertz CT molecular complexity index is 1140. The molecule has 5 heteroatoms. The fraction of sp³-hybridized carbons (Fsp3) is 0.320. The maximum absolute atomic E-state index is 4.97. The van der Waals surface area contributed by atoms with E-state index < -0.39 is 0 Å². The summed E-state index contributed by atoms with van der Waals surface area (Å²) in [6.07, 6.45) is 9.29. The summed E-state index contributed by atoms with van der Waals surface area (Å²) in [7, 11) is 0. The number of nitrogens with one attached hydrogen (secondary N) is 1. The van der Waals surface area contributed by atoms with Crippen molar-refractivity contribution < 1.29 is 0 Å². The molecule has 0 radical (unpaired) electrons. The van der Waals surface area contributed by atoms with Crippen LogP contribution < -0.4 is 5.32 Å². The van der Waals surface area contributed by atoms with Gasteiger partial charge in [0, 0.05) is 29.4 Å². The van der Waals surface area contributed by atoms with Gasteiger partial charge in [-0.1, -0.05) is 37.3 Å². The molecule has 0 saturated carbocycles. The lowest BCUT2D eigenvalue weighted by molar-refractivity contribution is 0.509. The van der Waals surface area contributed by atoms with E-state index in [1.807, 2.05) is 23.5 Å². The molecule has 0 aliphatic heterocycles. The number of nitrogens with zero attached hydrogens (tertiary/aromatic N) is 3. The number of hydrogen-bond acceptors (Lipinski definition) is 5. The van der Waals surface area contributed by atoms with Crippen LogP contribution in [0.5, 0.6) is 0 Å². The van der Waals surface area contributed by atoms with E-state index in [1.54, 1.807) is 12.4 Å². The molecule has 1 aliphatic carbocycles. The molecule has 1 N–H and O–H groups in total. The number of aryl methyl sites for hydroxylation is 2. The summed E-state index contributed by atoms with van der Waals surface area (Å²) in [5.41, 5.74) is 3.87. The van der Waals surface area contributed by atoms with Crippen molar-refractivity contribution in [1.82, 2.24) is 15.0 Å². The highest BCUT2D eigenvalue weighted by Crippen LogP contribution is 2.40. The van der Waals surface area contributed by atoms with Crippen molar-refractivity contribution in [1.29, 1.82) is 0 Å². The van der Waals surface area contributed by atoms with Crippen LogP contribution >= 0.6 is 11.3 Å². The Morgan fingerprint density at radius 1 is 1.07 bits per heavy atom. The summed E-state index contributed by atoms with van der Waals surface area (Å²) >= 11 is 1.86. The maximum Gasteiger partial charge on any atom is 0.163 e. The van der Waals surface area contributed by atoms with Crippen LogP contribution in [0.2, 0.25) is 0 Å². The second-order valence-corrected chi connectivity index (χ2v) is 9.26. The fourth-order valence-electron chi connectivity index (χ4n) is 4.24. The number of aromatic nitrogens is 3. The minimum absolute atomic E-state index is 0.750. The summed E-state index contributed by atoms with van der Waals surface area (Å²) in [5.74, 6) is 2.52. The van der Waals surface area contributed by atoms with Gasteiger partial charge in [-0.05, 0) is 61.3 Å². The van der Waals surface area contributed by atoms with E-state index in [-0.39, 0.29) is 0 Å². The van der Waals surface area contributed by atoms with Crippen LogP contribution in [0.15, 0.2) is 54.9 Å². The molecule has 0 saturated heterocycles.